The van der Waals surface area contributed by atoms with E-state index < -0.39 is 6.10 Å². The number of β-amino-alcohol motifs (C(OH)–C–C–N with tert-alkyl or cyclic N) is 1. The zero-order valence-electron chi connectivity index (χ0n) is 13.9. The Morgan fingerprint density at radius 1 is 1.20 bits per heavy atom. The molecule has 3 N–H and O–H groups in total. The Kier molecular flexibility index (Phi) is 5.63. The highest BCUT2D eigenvalue weighted by molar-refractivity contribution is 5.89. The maximum Gasteiger partial charge on any atom is 0.319 e. The number of anilines is 1. The smallest absolute Gasteiger partial charge is 0.319 e. The fourth-order valence-corrected chi connectivity index (χ4v) is 3.03. The van der Waals surface area contributed by atoms with Gasteiger partial charge in [0.05, 0.1) is 6.10 Å². The molecule has 1 aliphatic heterocycles. The van der Waals surface area contributed by atoms with Crippen LogP contribution in [-0.4, -0.2) is 41.7 Å². The van der Waals surface area contributed by atoms with Crippen LogP contribution in [0.4, 0.5) is 14.9 Å². The molecule has 0 bridgehead atoms. The minimum Gasteiger partial charge on any atom is -0.387 e. The molecular formula is C19H22FN3O2. The van der Waals surface area contributed by atoms with Crippen LogP contribution in [0.2, 0.25) is 0 Å². The first-order chi connectivity index (χ1) is 12.1. The third-order valence-electron chi connectivity index (χ3n) is 4.33. The van der Waals surface area contributed by atoms with Gasteiger partial charge < -0.3 is 15.7 Å². The normalized spacial score (nSPS) is 18.7. The Bertz CT molecular complexity index is 694. The van der Waals surface area contributed by atoms with Gasteiger partial charge in [-0.15, -0.1) is 0 Å². The third kappa shape index (κ3) is 5.01. The maximum absolute atomic E-state index is 12.9. The van der Waals surface area contributed by atoms with Gasteiger partial charge in [0.25, 0.3) is 0 Å². The Morgan fingerprint density at radius 3 is 2.64 bits per heavy atom. The molecule has 1 aliphatic rings. The number of likely N-dealkylation sites (tertiary alicyclic amines) is 1. The minimum absolute atomic E-state index is 0.0309. The van der Waals surface area contributed by atoms with Crippen molar-refractivity contribution in [1.29, 1.82) is 0 Å². The average Bonchev–Trinajstić information content (AvgIpc) is 3.04. The number of halogens is 1. The van der Waals surface area contributed by atoms with E-state index in [0.29, 0.717) is 18.8 Å². The molecule has 0 radical (unpaired) electrons. The second-order valence-corrected chi connectivity index (χ2v) is 6.28. The molecule has 0 unspecified atom stereocenters. The van der Waals surface area contributed by atoms with E-state index in [9.17, 15) is 14.3 Å². The first-order valence-electron chi connectivity index (χ1n) is 8.38. The number of urea groups is 1. The first kappa shape index (κ1) is 17.4. The van der Waals surface area contributed by atoms with Crippen LogP contribution in [0.1, 0.15) is 18.1 Å². The van der Waals surface area contributed by atoms with E-state index in [0.717, 1.165) is 18.5 Å². The van der Waals surface area contributed by atoms with E-state index in [4.69, 9.17) is 0 Å². The van der Waals surface area contributed by atoms with Crippen molar-refractivity contribution in [2.24, 2.45) is 0 Å². The van der Waals surface area contributed by atoms with Gasteiger partial charge in [-0.3, -0.25) is 4.90 Å². The number of benzene rings is 2. The van der Waals surface area contributed by atoms with Gasteiger partial charge in [-0.25, -0.2) is 9.18 Å². The van der Waals surface area contributed by atoms with E-state index in [1.54, 1.807) is 0 Å². The molecular weight excluding hydrogens is 321 g/mol. The Balaban J connectivity index is 1.44. The summed E-state index contributed by atoms with van der Waals surface area (Å²) in [5.74, 6) is -0.339. The molecule has 25 heavy (non-hydrogen) atoms. The van der Waals surface area contributed by atoms with Crippen LogP contribution in [0.3, 0.4) is 0 Å². The van der Waals surface area contributed by atoms with Gasteiger partial charge in [0.2, 0.25) is 0 Å². The van der Waals surface area contributed by atoms with Gasteiger partial charge in [0.1, 0.15) is 5.82 Å². The zero-order chi connectivity index (χ0) is 17.6. The molecule has 2 aromatic rings. The van der Waals surface area contributed by atoms with Crippen LogP contribution >= 0.6 is 0 Å². The van der Waals surface area contributed by atoms with Gasteiger partial charge in [-0.05, 0) is 36.2 Å². The van der Waals surface area contributed by atoms with Gasteiger partial charge in [-0.2, -0.15) is 0 Å². The van der Waals surface area contributed by atoms with Crippen LogP contribution in [-0.2, 0) is 0 Å². The summed E-state index contributed by atoms with van der Waals surface area (Å²) in [5.41, 5.74) is 1.45. The van der Waals surface area contributed by atoms with Crippen molar-refractivity contribution in [2.75, 3.05) is 25.0 Å². The largest absolute Gasteiger partial charge is 0.387 e. The van der Waals surface area contributed by atoms with Crippen LogP contribution in [0.25, 0.3) is 0 Å². The van der Waals surface area contributed by atoms with E-state index in [1.165, 1.54) is 24.3 Å². The monoisotopic (exact) mass is 343 g/mol. The fraction of sp³-hybridized carbons (Fsp3) is 0.316. The topological polar surface area (TPSA) is 64.6 Å². The van der Waals surface area contributed by atoms with Crippen molar-refractivity contribution in [3.63, 3.8) is 0 Å². The summed E-state index contributed by atoms with van der Waals surface area (Å²) >= 11 is 0. The van der Waals surface area contributed by atoms with E-state index in [2.05, 4.69) is 15.5 Å². The predicted octanol–water partition coefficient (Wildman–Crippen LogP) is 2.76. The van der Waals surface area contributed by atoms with Crippen molar-refractivity contribution in [3.8, 4) is 0 Å². The predicted molar refractivity (Wildman–Crippen MR) is 94.8 cm³/mol. The van der Waals surface area contributed by atoms with Gasteiger partial charge in [0.15, 0.2) is 0 Å². The molecule has 2 atom stereocenters. The lowest BCUT2D eigenvalue weighted by Crippen LogP contribution is -2.40. The number of amides is 2. The fourth-order valence-electron chi connectivity index (χ4n) is 3.03. The third-order valence-corrected chi connectivity index (χ3v) is 4.33. The molecule has 6 heteroatoms. The number of carbonyl (C=O) groups is 1. The van der Waals surface area contributed by atoms with Gasteiger partial charge >= 0.3 is 6.03 Å². The van der Waals surface area contributed by atoms with Crippen molar-refractivity contribution in [3.05, 3.63) is 66.0 Å². The summed E-state index contributed by atoms with van der Waals surface area (Å²) in [4.78, 5) is 14.2. The van der Waals surface area contributed by atoms with Gasteiger partial charge in [-0.1, -0.05) is 30.3 Å². The molecule has 0 saturated carbocycles. The summed E-state index contributed by atoms with van der Waals surface area (Å²) in [5, 5.41) is 15.9. The quantitative estimate of drug-likeness (QED) is 0.782. The number of aliphatic hydroxyl groups is 1. The summed E-state index contributed by atoms with van der Waals surface area (Å²) in [7, 11) is 0. The van der Waals surface area contributed by atoms with Gasteiger partial charge in [0, 0.05) is 31.4 Å². The van der Waals surface area contributed by atoms with E-state index in [1.807, 2.05) is 30.3 Å². The Morgan fingerprint density at radius 2 is 1.92 bits per heavy atom. The second kappa shape index (κ2) is 8.09. The Labute approximate surface area is 146 Å². The molecule has 2 amide bonds. The van der Waals surface area contributed by atoms with E-state index >= 15 is 0 Å². The molecule has 0 spiro atoms. The highest BCUT2D eigenvalue weighted by Gasteiger charge is 2.25. The molecule has 0 aliphatic carbocycles. The maximum atomic E-state index is 12.9. The number of nitrogens with one attached hydrogen (secondary N) is 2. The molecule has 1 fully saturated rings. The van der Waals surface area contributed by atoms with Crippen molar-refractivity contribution in [2.45, 2.75) is 18.6 Å². The molecule has 132 valence electrons. The number of rotatable bonds is 5. The van der Waals surface area contributed by atoms with Crippen LogP contribution < -0.4 is 10.6 Å². The van der Waals surface area contributed by atoms with Crippen molar-refractivity contribution < 1.29 is 14.3 Å². The average molecular weight is 343 g/mol. The molecule has 0 aromatic heterocycles. The summed E-state index contributed by atoms with van der Waals surface area (Å²) in [6.45, 7) is 2.06. The number of aliphatic hydroxyl groups excluding tert-OH is 1. The lowest BCUT2D eigenvalue weighted by Gasteiger charge is -2.20. The zero-order valence-corrected chi connectivity index (χ0v) is 13.9. The summed E-state index contributed by atoms with van der Waals surface area (Å²) in [6.07, 6.45) is 0.297. The summed E-state index contributed by atoms with van der Waals surface area (Å²) < 4.78 is 12.9. The standard InChI is InChI=1S/C19H22FN3O2/c20-15-6-8-16(9-7-15)21-19(25)22-17-10-11-23(12-17)13-18(24)14-4-2-1-3-5-14/h1-9,17-18,24H,10-13H2,(H2,21,22,25)/t17-,18-/m1/s1. The number of hydrogen-bond donors (Lipinski definition) is 3. The van der Waals surface area contributed by atoms with Crippen molar-refractivity contribution in [1.82, 2.24) is 10.2 Å². The number of carbonyl (C=O) groups excluding carboxylic acids is 1. The highest BCUT2D eigenvalue weighted by atomic mass is 19.1. The van der Waals surface area contributed by atoms with Crippen molar-refractivity contribution >= 4 is 11.7 Å². The van der Waals surface area contributed by atoms with Crippen LogP contribution in [0.5, 0.6) is 0 Å². The lowest BCUT2D eigenvalue weighted by atomic mass is 10.1. The van der Waals surface area contributed by atoms with Crippen LogP contribution in [0.15, 0.2) is 54.6 Å². The Hall–Kier alpha value is -2.44. The molecule has 1 heterocycles. The first-order valence-corrected chi connectivity index (χ1v) is 8.38. The second-order valence-electron chi connectivity index (χ2n) is 6.28. The lowest BCUT2D eigenvalue weighted by molar-refractivity contribution is 0.125. The summed E-state index contributed by atoms with van der Waals surface area (Å²) in [6, 6.07) is 14.9. The highest BCUT2D eigenvalue weighted by Crippen LogP contribution is 2.17. The SMILES string of the molecule is O=C(Nc1ccc(F)cc1)N[C@@H]1CCN(C[C@@H](O)c2ccccc2)C1. The number of hydrogen-bond acceptors (Lipinski definition) is 3. The minimum atomic E-state index is -0.534. The van der Waals surface area contributed by atoms with E-state index in [-0.39, 0.29) is 17.9 Å². The van der Waals surface area contributed by atoms with Crippen LogP contribution in [0, 0.1) is 5.82 Å². The molecule has 5 nitrogen and oxygen atoms in total. The number of nitrogens with zero attached hydrogens (tertiary/aromatic N) is 1. The molecule has 2 aromatic carbocycles. The molecule has 1 saturated heterocycles. The molecule has 3 rings (SSSR count).